The molecule has 2 aromatic carbocycles. The van der Waals surface area contributed by atoms with Crippen LogP contribution in [-0.2, 0) is 16.6 Å². The van der Waals surface area contributed by atoms with E-state index in [9.17, 15) is 18.8 Å². The third kappa shape index (κ3) is 4.99. The van der Waals surface area contributed by atoms with Crippen LogP contribution in [0.3, 0.4) is 0 Å². The third-order valence-corrected chi connectivity index (χ3v) is 6.96. The minimum atomic E-state index is -0.922. The van der Waals surface area contributed by atoms with Crippen molar-refractivity contribution in [2.75, 3.05) is 13.1 Å². The molecule has 1 N–H and O–H groups in total. The molecule has 1 atom stereocenters. The van der Waals surface area contributed by atoms with E-state index in [1.54, 1.807) is 0 Å². The number of nitriles is 1. The van der Waals surface area contributed by atoms with E-state index in [1.165, 1.54) is 6.07 Å². The summed E-state index contributed by atoms with van der Waals surface area (Å²) >= 11 is 0. The maximum Gasteiger partial charge on any atom is 0.227 e. The Morgan fingerprint density at radius 3 is 2.50 bits per heavy atom. The maximum absolute atomic E-state index is 13.5. The largest absolute Gasteiger partial charge is 0.341 e. The summed E-state index contributed by atoms with van der Waals surface area (Å²) in [5.74, 6) is -1.88. The lowest BCUT2D eigenvalue weighted by atomic mass is 9.69. The number of hydrogen-bond acceptors (Lipinski definition) is 3. The number of nitrogens with zero attached hydrogens (tertiary/aromatic N) is 2. The van der Waals surface area contributed by atoms with Gasteiger partial charge in [-0.05, 0) is 61.8 Å². The van der Waals surface area contributed by atoms with Crippen molar-refractivity contribution in [3.05, 3.63) is 71.3 Å². The fraction of sp³-hybridized carbons (Fsp3) is 0.462. The van der Waals surface area contributed by atoms with E-state index in [4.69, 9.17) is 0 Å². The first-order chi connectivity index (χ1) is 15.5. The normalized spacial score (nSPS) is 25.8. The number of hydrogen-bond donors (Lipinski definition) is 1. The predicted molar refractivity (Wildman–Crippen MR) is 119 cm³/mol. The molecule has 4 rings (SSSR count). The van der Waals surface area contributed by atoms with Gasteiger partial charge in [-0.25, -0.2) is 8.78 Å². The van der Waals surface area contributed by atoms with Gasteiger partial charge in [0.05, 0.1) is 17.9 Å². The molecule has 1 unspecified atom stereocenters. The van der Waals surface area contributed by atoms with Crippen LogP contribution >= 0.6 is 0 Å². The van der Waals surface area contributed by atoms with E-state index in [1.807, 2.05) is 23.1 Å². The number of nitrogens with one attached hydrogen (secondary N) is 1. The van der Waals surface area contributed by atoms with Crippen molar-refractivity contribution in [2.24, 2.45) is 0 Å². The van der Waals surface area contributed by atoms with Gasteiger partial charge in [0.25, 0.3) is 0 Å². The lowest BCUT2D eigenvalue weighted by Crippen LogP contribution is -2.52. The molecule has 1 aliphatic heterocycles. The molecule has 1 heterocycles. The first-order valence-corrected chi connectivity index (χ1v) is 11.4. The van der Waals surface area contributed by atoms with Crippen LogP contribution in [0.15, 0.2) is 48.5 Å². The molecule has 32 heavy (non-hydrogen) atoms. The number of amides is 1. The number of rotatable bonds is 5. The second kappa shape index (κ2) is 9.79. The maximum atomic E-state index is 13.5. The average Bonchev–Trinajstić information content (AvgIpc) is 2.83. The van der Waals surface area contributed by atoms with Gasteiger partial charge in [-0.3, -0.25) is 4.79 Å². The van der Waals surface area contributed by atoms with Crippen LogP contribution in [0, 0.1) is 23.0 Å². The highest BCUT2D eigenvalue weighted by Crippen LogP contribution is 2.39. The summed E-state index contributed by atoms with van der Waals surface area (Å²) in [7, 11) is 0. The zero-order valence-corrected chi connectivity index (χ0v) is 18.2. The van der Waals surface area contributed by atoms with E-state index >= 15 is 0 Å². The molecule has 0 radical (unpaired) electrons. The highest BCUT2D eigenvalue weighted by Gasteiger charge is 2.38. The summed E-state index contributed by atoms with van der Waals surface area (Å²) in [4.78, 5) is 14.6. The summed E-state index contributed by atoms with van der Waals surface area (Å²) in [6.07, 6.45) is 5.53. The van der Waals surface area contributed by atoms with Gasteiger partial charge in [0.1, 0.15) is 0 Å². The fourth-order valence-corrected chi connectivity index (χ4v) is 5.11. The monoisotopic (exact) mass is 437 g/mol. The quantitative estimate of drug-likeness (QED) is 0.750. The van der Waals surface area contributed by atoms with Crippen molar-refractivity contribution in [1.29, 1.82) is 5.26 Å². The van der Waals surface area contributed by atoms with Crippen molar-refractivity contribution in [3.63, 3.8) is 0 Å². The van der Waals surface area contributed by atoms with Gasteiger partial charge in [-0.15, -0.1) is 0 Å². The Kier molecular flexibility index (Phi) is 6.86. The molecule has 4 nitrogen and oxygen atoms in total. The molecule has 168 valence electrons. The fourth-order valence-electron chi connectivity index (χ4n) is 5.11. The lowest BCUT2D eigenvalue weighted by Gasteiger charge is -2.40. The Bertz CT molecular complexity index is 980. The van der Waals surface area contributed by atoms with Crippen LogP contribution in [0.4, 0.5) is 8.78 Å². The van der Waals surface area contributed by atoms with Crippen molar-refractivity contribution >= 4 is 5.91 Å². The molecule has 1 aliphatic carbocycles. The highest BCUT2D eigenvalue weighted by atomic mass is 19.2. The van der Waals surface area contributed by atoms with Gasteiger partial charge >= 0.3 is 0 Å². The molecule has 2 fully saturated rings. The van der Waals surface area contributed by atoms with E-state index in [2.05, 4.69) is 23.5 Å². The Balaban J connectivity index is 1.30. The number of carbonyl (C=O) groups is 1. The Morgan fingerprint density at radius 2 is 1.81 bits per heavy atom. The molecule has 6 heteroatoms. The van der Waals surface area contributed by atoms with Gasteiger partial charge in [0, 0.05) is 25.2 Å². The zero-order valence-electron chi connectivity index (χ0n) is 18.2. The van der Waals surface area contributed by atoms with Crippen molar-refractivity contribution in [3.8, 4) is 6.07 Å². The summed E-state index contributed by atoms with van der Waals surface area (Å²) in [5.41, 5.74) is 1.19. The second-order valence-corrected chi connectivity index (χ2v) is 9.11. The second-order valence-electron chi connectivity index (χ2n) is 9.11. The van der Waals surface area contributed by atoms with Gasteiger partial charge in [0.15, 0.2) is 11.6 Å². The van der Waals surface area contributed by atoms with Crippen LogP contribution in [0.2, 0.25) is 0 Å². The molecular weight excluding hydrogens is 408 g/mol. The summed E-state index contributed by atoms with van der Waals surface area (Å²) in [5, 5.41) is 13.6. The van der Waals surface area contributed by atoms with Crippen molar-refractivity contribution < 1.29 is 13.6 Å². The summed E-state index contributed by atoms with van der Waals surface area (Å²) < 4.78 is 26.6. The topological polar surface area (TPSA) is 56.1 Å². The Labute approximate surface area is 188 Å². The number of piperidine rings is 1. The molecule has 0 bridgehead atoms. The molecule has 2 aromatic rings. The van der Waals surface area contributed by atoms with Gasteiger partial charge < -0.3 is 10.2 Å². The number of benzene rings is 2. The highest BCUT2D eigenvalue weighted by molar-refractivity contribution is 5.79. The summed E-state index contributed by atoms with van der Waals surface area (Å²) in [6, 6.07) is 16.8. The SMILES string of the molecule is N#CC1(c2ccccc2)CCC(NC2CCCN(C(=O)Cc3ccc(F)c(F)c3)C2)CC1. The Hall–Kier alpha value is -2.78. The van der Waals surface area contributed by atoms with Crippen LogP contribution < -0.4 is 5.32 Å². The molecule has 0 spiro atoms. The molecule has 0 aromatic heterocycles. The smallest absolute Gasteiger partial charge is 0.227 e. The minimum Gasteiger partial charge on any atom is -0.341 e. The van der Waals surface area contributed by atoms with E-state index in [0.29, 0.717) is 24.7 Å². The molecular formula is C26H29F2N3O. The summed E-state index contributed by atoms with van der Waals surface area (Å²) in [6.45, 7) is 1.32. The van der Waals surface area contributed by atoms with Crippen LogP contribution in [0.5, 0.6) is 0 Å². The first kappa shape index (κ1) is 22.4. The number of carbonyl (C=O) groups excluding carboxylic acids is 1. The van der Waals surface area contributed by atoms with Crippen LogP contribution in [-0.4, -0.2) is 36.0 Å². The molecule has 2 aliphatic rings. The van der Waals surface area contributed by atoms with Gasteiger partial charge in [0.2, 0.25) is 5.91 Å². The average molecular weight is 438 g/mol. The van der Waals surface area contributed by atoms with E-state index in [-0.39, 0.29) is 18.4 Å². The standard InChI is InChI=1S/C26H29F2N3O/c27-23-9-8-19(15-24(23)28)16-25(32)31-14-4-7-22(17-31)30-21-10-12-26(18-29,13-11-21)20-5-2-1-3-6-20/h1-3,5-6,8-9,15,21-22,30H,4,7,10-14,16-17H2. The number of likely N-dealkylation sites (tertiary alicyclic amines) is 1. The van der Waals surface area contributed by atoms with Crippen LogP contribution in [0.25, 0.3) is 0 Å². The molecule has 1 amide bonds. The first-order valence-electron chi connectivity index (χ1n) is 11.4. The molecule has 1 saturated heterocycles. The lowest BCUT2D eigenvalue weighted by molar-refractivity contribution is -0.131. The number of halogens is 2. The van der Waals surface area contributed by atoms with Crippen molar-refractivity contribution in [1.82, 2.24) is 10.2 Å². The van der Waals surface area contributed by atoms with Gasteiger partial charge in [-0.2, -0.15) is 5.26 Å². The van der Waals surface area contributed by atoms with E-state index in [0.717, 1.165) is 56.2 Å². The van der Waals surface area contributed by atoms with Crippen LogP contribution in [0.1, 0.15) is 49.7 Å². The minimum absolute atomic E-state index is 0.0567. The van der Waals surface area contributed by atoms with Crippen molar-refractivity contribution in [2.45, 2.75) is 62.4 Å². The zero-order chi connectivity index (χ0) is 22.6. The third-order valence-electron chi connectivity index (χ3n) is 6.96. The Morgan fingerprint density at radius 1 is 1.06 bits per heavy atom. The van der Waals surface area contributed by atoms with Gasteiger partial charge in [-0.1, -0.05) is 36.4 Å². The van der Waals surface area contributed by atoms with E-state index < -0.39 is 17.0 Å². The predicted octanol–water partition coefficient (Wildman–Crippen LogP) is 4.49. The molecule has 1 saturated carbocycles.